The van der Waals surface area contributed by atoms with E-state index in [2.05, 4.69) is 5.73 Å². The van der Waals surface area contributed by atoms with Crippen molar-refractivity contribution in [3.05, 3.63) is 24.3 Å². The number of phenols is 1. The third kappa shape index (κ3) is 6.88. The first kappa shape index (κ1) is 12.8. The first-order valence-corrected chi connectivity index (χ1v) is 3.89. The minimum atomic E-state index is -1.02. The Morgan fingerprint density at radius 2 is 1.87 bits per heavy atom. The lowest BCUT2D eigenvalue weighted by molar-refractivity contribution is -0.139. The number of primary amides is 1. The molecule has 0 atom stereocenters. The van der Waals surface area contributed by atoms with Crippen molar-refractivity contribution in [1.29, 1.82) is 0 Å². The molecule has 0 aliphatic rings. The highest BCUT2D eigenvalue weighted by atomic mass is 16.5. The molecule has 0 saturated carbocycles. The predicted octanol–water partition coefficient (Wildman–Crippen LogP) is -0.0429. The quantitative estimate of drug-likeness (QED) is 0.610. The Labute approximate surface area is 85.9 Å². The molecule has 0 bridgehead atoms. The molecule has 1 rings (SSSR count). The van der Waals surface area contributed by atoms with Crippen LogP contribution in [-0.4, -0.2) is 29.2 Å². The van der Waals surface area contributed by atoms with Crippen molar-refractivity contribution in [1.82, 2.24) is 0 Å². The molecule has 82 valence electrons. The zero-order valence-corrected chi connectivity index (χ0v) is 7.79. The van der Waals surface area contributed by atoms with E-state index in [0.29, 0.717) is 5.75 Å². The van der Waals surface area contributed by atoms with Gasteiger partial charge in [-0.2, -0.15) is 0 Å². The van der Waals surface area contributed by atoms with Gasteiger partial charge in [-0.15, -0.1) is 0 Å². The molecule has 0 saturated heterocycles. The first-order valence-electron chi connectivity index (χ1n) is 3.89. The van der Waals surface area contributed by atoms with Crippen LogP contribution in [-0.2, 0) is 9.59 Å². The number of hydrogen-bond donors (Lipinski definition) is 3. The lowest BCUT2D eigenvalue weighted by Gasteiger charge is -2.01. The molecule has 0 heterocycles. The summed E-state index contributed by atoms with van der Waals surface area (Å²) in [5.74, 6) is -0.476. The van der Waals surface area contributed by atoms with E-state index < -0.39 is 5.97 Å². The van der Waals surface area contributed by atoms with Crippen molar-refractivity contribution in [2.24, 2.45) is 5.73 Å². The highest BCUT2D eigenvalue weighted by Crippen LogP contribution is 2.15. The molecule has 0 fully saturated rings. The largest absolute Gasteiger partial charge is 0.508 e. The van der Waals surface area contributed by atoms with Crippen molar-refractivity contribution >= 4 is 12.4 Å². The van der Waals surface area contributed by atoms with Gasteiger partial charge in [-0.05, 0) is 24.3 Å². The Morgan fingerprint density at radius 1 is 1.40 bits per heavy atom. The Kier molecular flexibility index (Phi) is 6.12. The molecular formula is C9H11NO5. The average molecular weight is 213 g/mol. The first-order chi connectivity index (χ1) is 7.10. The highest BCUT2D eigenvalue weighted by Gasteiger charge is 1.97. The van der Waals surface area contributed by atoms with Crippen LogP contribution in [0.1, 0.15) is 0 Å². The second kappa shape index (κ2) is 7.19. The Morgan fingerprint density at radius 3 is 2.27 bits per heavy atom. The molecular weight excluding hydrogens is 202 g/mol. The van der Waals surface area contributed by atoms with Gasteiger partial charge in [0.05, 0.1) is 0 Å². The maximum atomic E-state index is 10.1. The normalized spacial score (nSPS) is 8.27. The van der Waals surface area contributed by atoms with Gasteiger partial charge in [0.1, 0.15) is 11.5 Å². The van der Waals surface area contributed by atoms with Crippen LogP contribution in [0.15, 0.2) is 24.3 Å². The van der Waals surface area contributed by atoms with E-state index in [0.717, 1.165) is 0 Å². The maximum absolute atomic E-state index is 10.1. The molecule has 0 unspecified atom stereocenters. The molecule has 0 aromatic heterocycles. The van der Waals surface area contributed by atoms with E-state index >= 15 is 0 Å². The molecule has 1 aromatic carbocycles. The number of nitrogens with two attached hydrogens (primary N) is 1. The van der Waals surface area contributed by atoms with Gasteiger partial charge in [0.25, 0.3) is 0 Å². The molecule has 6 heteroatoms. The zero-order valence-electron chi connectivity index (χ0n) is 7.79. The summed E-state index contributed by atoms with van der Waals surface area (Å²) >= 11 is 0. The van der Waals surface area contributed by atoms with Crippen LogP contribution in [0, 0.1) is 0 Å². The monoisotopic (exact) mass is 213 g/mol. The van der Waals surface area contributed by atoms with Crippen LogP contribution in [0.25, 0.3) is 0 Å². The number of aliphatic carboxylic acids is 1. The number of carboxylic acids is 1. The third-order valence-corrected chi connectivity index (χ3v) is 1.20. The number of aromatic hydroxyl groups is 1. The molecule has 0 spiro atoms. The minimum Gasteiger partial charge on any atom is -0.508 e. The van der Waals surface area contributed by atoms with Crippen LogP contribution < -0.4 is 10.5 Å². The number of hydrogen-bond acceptors (Lipinski definition) is 4. The summed E-state index contributed by atoms with van der Waals surface area (Å²) in [6, 6.07) is 5.85. The van der Waals surface area contributed by atoms with Crippen LogP contribution in [0.3, 0.4) is 0 Å². The van der Waals surface area contributed by atoms with Gasteiger partial charge >= 0.3 is 5.97 Å². The molecule has 6 nitrogen and oxygen atoms in total. The molecule has 4 N–H and O–H groups in total. The topological polar surface area (TPSA) is 110 Å². The van der Waals surface area contributed by atoms with Crippen molar-refractivity contribution < 1.29 is 24.5 Å². The molecule has 0 radical (unpaired) electrons. The highest BCUT2D eigenvalue weighted by molar-refractivity contribution is 5.68. The molecule has 0 aliphatic carbocycles. The van der Waals surface area contributed by atoms with Crippen molar-refractivity contribution in [2.75, 3.05) is 6.61 Å². The number of carbonyl (C=O) groups excluding carboxylic acids is 1. The summed E-state index contributed by atoms with van der Waals surface area (Å²) in [4.78, 5) is 18.6. The fourth-order valence-electron chi connectivity index (χ4n) is 0.687. The summed E-state index contributed by atoms with van der Waals surface area (Å²) in [6.45, 7) is -0.370. The van der Waals surface area contributed by atoms with Crippen molar-refractivity contribution in [2.45, 2.75) is 0 Å². The standard InChI is InChI=1S/C8H8O4.CH3NO/c9-6-1-3-7(4-2-6)12-5-8(10)11;2-1-3/h1-4,9H,5H2,(H,10,11);1H,(H2,2,3). The number of amides is 1. The van der Waals surface area contributed by atoms with E-state index in [1.807, 2.05) is 0 Å². The van der Waals surface area contributed by atoms with Gasteiger partial charge in [0, 0.05) is 0 Å². The summed E-state index contributed by atoms with van der Waals surface area (Å²) in [6.07, 6.45) is 0.250. The Hall–Kier alpha value is -2.24. The van der Waals surface area contributed by atoms with E-state index in [1.165, 1.54) is 24.3 Å². The number of phenolic OH excluding ortho intramolecular Hbond substituents is 1. The number of carboxylic acid groups (broad SMARTS) is 1. The average Bonchev–Trinajstić information content (AvgIpc) is 2.18. The van der Waals surface area contributed by atoms with E-state index in [9.17, 15) is 4.79 Å². The lowest BCUT2D eigenvalue weighted by atomic mass is 10.3. The van der Waals surface area contributed by atoms with Crippen molar-refractivity contribution in [3.8, 4) is 11.5 Å². The van der Waals surface area contributed by atoms with E-state index in [1.54, 1.807) is 0 Å². The summed E-state index contributed by atoms with van der Waals surface area (Å²) < 4.78 is 4.81. The fourth-order valence-corrected chi connectivity index (χ4v) is 0.687. The van der Waals surface area contributed by atoms with Crippen LogP contribution >= 0.6 is 0 Å². The number of carbonyl (C=O) groups is 2. The number of benzene rings is 1. The van der Waals surface area contributed by atoms with Gasteiger partial charge in [0.15, 0.2) is 6.61 Å². The SMILES string of the molecule is NC=O.O=C(O)COc1ccc(O)cc1. The second-order valence-corrected chi connectivity index (χ2v) is 2.31. The van der Waals surface area contributed by atoms with Gasteiger partial charge in [-0.3, -0.25) is 4.79 Å². The zero-order chi connectivity index (χ0) is 11.7. The smallest absolute Gasteiger partial charge is 0.341 e. The Balaban J connectivity index is 0.000000583. The van der Waals surface area contributed by atoms with Gasteiger partial charge in [-0.1, -0.05) is 0 Å². The number of ether oxygens (including phenoxy) is 1. The molecule has 0 aliphatic heterocycles. The number of rotatable bonds is 3. The minimum absolute atomic E-state index is 0.123. The molecule has 1 amide bonds. The second-order valence-electron chi connectivity index (χ2n) is 2.31. The molecule has 15 heavy (non-hydrogen) atoms. The summed E-state index contributed by atoms with van der Waals surface area (Å²) in [7, 11) is 0. The van der Waals surface area contributed by atoms with Crippen LogP contribution in [0.4, 0.5) is 0 Å². The lowest BCUT2D eigenvalue weighted by Crippen LogP contribution is -2.09. The fraction of sp³-hybridized carbons (Fsp3) is 0.111. The summed E-state index contributed by atoms with van der Waals surface area (Å²) in [5.41, 5.74) is 4.17. The summed E-state index contributed by atoms with van der Waals surface area (Å²) in [5, 5.41) is 17.1. The van der Waals surface area contributed by atoms with Crippen LogP contribution in [0.2, 0.25) is 0 Å². The van der Waals surface area contributed by atoms with Gasteiger partial charge < -0.3 is 20.7 Å². The van der Waals surface area contributed by atoms with Crippen molar-refractivity contribution in [3.63, 3.8) is 0 Å². The van der Waals surface area contributed by atoms with Gasteiger partial charge in [0.2, 0.25) is 6.41 Å². The van der Waals surface area contributed by atoms with E-state index in [-0.39, 0.29) is 18.8 Å². The maximum Gasteiger partial charge on any atom is 0.341 e. The van der Waals surface area contributed by atoms with Crippen LogP contribution in [0.5, 0.6) is 11.5 Å². The van der Waals surface area contributed by atoms with Gasteiger partial charge in [-0.25, -0.2) is 4.79 Å². The third-order valence-electron chi connectivity index (χ3n) is 1.20. The molecule has 1 aromatic rings. The predicted molar refractivity (Wildman–Crippen MR) is 51.5 cm³/mol. The van der Waals surface area contributed by atoms with E-state index in [4.69, 9.17) is 19.7 Å². The Bertz CT molecular complexity index is 309.